The molecular weight excluding hydrogens is 325 g/mol. The lowest BCUT2D eigenvalue weighted by molar-refractivity contribution is -0.134. The second-order valence-electron chi connectivity index (χ2n) is 4.53. The first kappa shape index (κ1) is 17.7. The van der Waals surface area contributed by atoms with Crippen LogP contribution in [0.2, 0.25) is 0 Å². The van der Waals surface area contributed by atoms with Crippen molar-refractivity contribution in [2.45, 2.75) is 25.9 Å². The van der Waals surface area contributed by atoms with E-state index in [1.807, 2.05) is 0 Å². The molecule has 1 rings (SSSR count). The summed E-state index contributed by atoms with van der Waals surface area (Å²) >= 11 is 4.79. The normalized spacial score (nSPS) is 12.2. The van der Waals surface area contributed by atoms with Crippen LogP contribution in [-0.4, -0.2) is 25.3 Å². The summed E-state index contributed by atoms with van der Waals surface area (Å²) in [5.41, 5.74) is 6.81. The lowest BCUT2D eigenvalue weighted by Crippen LogP contribution is -2.20. The van der Waals surface area contributed by atoms with Gasteiger partial charge in [0.1, 0.15) is 4.99 Å². The van der Waals surface area contributed by atoms with Crippen molar-refractivity contribution in [2.24, 2.45) is 5.73 Å². The van der Waals surface area contributed by atoms with Gasteiger partial charge >= 0.3 is 6.18 Å². The van der Waals surface area contributed by atoms with Crippen LogP contribution in [0.1, 0.15) is 24.0 Å². The summed E-state index contributed by atoms with van der Waals surface area (Å²) in [5.74, 6) is -0.608. The van der Waals surface area contributed by atoms with Crippen molar-refractivity contribution in [3.63, 3.8) is 0 Å². The summed E-state index contributed by atoms with van der Waals surface area (Å²) in [4.78, 5) is 0.104. The number of alkyl halides is 3. The summed E-state index contributed by atoms with van der Waals surface area (Å²) in [6.07, 6.45) is -6.00. The van der Waals surface area contributed by atoms with Gasteiger partial charge in [-0.2, -0.15) is 13.2 Å². The Morgan fingerprint density at radius 3 is 2.52 bits per heavy atom. The van der Waals surface area contributed by atoms with Crippen LogP contribution in [0.25, 0.3) is 0 Å². The highest BCUT2D eigenvalue weighted by atomic mass is 32.2. The van der Waals surface area contributed by atoms with Gasteiger partial charge in [0, 0.05) is 12.0 Å². The van der Waals surface area contributed by atoms with E-state index in [0.717, 1.165) is 0 Å². The topological polar surface area (TPSA) is 72.2 Å². The van der Waals surface area contributed by atoms with Crippen molar-refractivity contribution in [1.82, 2.24) is 0 Å². The summed E-state index contributed by atoms with van der Waals surface area (Å²) < 4.78 is 61.9. The zero-order valence-electron chi connectivity index (χ0n) is 11.2. The molecule has 0 heterocycles. The zero-order valence-corrected chi connectivity index (χ0v) is 12.8. The second-order valence-corrected chi connectivity index (χ2v) is 6.82. The second kappa shape index (κ2) is 6.61. The molecule has 3 N–H and O–H groups in total. The molecule has 4 nitrogen and oxygen atoms in total. The number of thiocarbonyl (C=S) groups is 1. The lowest BCUT2D eigenvalue weighted by atomic mass is 10.1. The Morgan fingerprint density at radius 2 is 2.00 bits per heavy atom. The van der Waals surface area contributed by atoms with Gasteiger partial charge in [0.15, 0.2) is 0 Å². The third-order valence-electron chi connectivity index (χ3n) is 2.66. The molecule has 1 aromatic carbocycles. The number of anilines is 1. The number of sulfonamides is 1. The van der Waals surface area contributed by atoms with Crippen molar-refractivity contribution < 1.29 is 21.6 Å². The minimum Gasteiger partial charge on any atom is -0.389 e. The minimum atomic E-state index is -4.36. The maximum Gasteiger partial charge on any atom is 0.389 e. The van der Waals surface area contributed by atoms with Crippen LogP contribution in [0.5, 0.6) is 0 Å². The van der Waals surface area contributed by atoms with Gasteiger partial charge in [0.25, 0.3) is 0 Å². The number of hydrogen-bond donors (Lipinski definition) is 2. The van der Waals surface area contributed by atoms with Crippen molar-refractivity contribution in [3.05, 3.63) is 29.3 Å². The molecule has 0 aliphatic carbocycles. The molecule has 0 atom stereocenters. The van der Waals surface area contributed by atoms with E-state index in [0.29, 0.717) is 11.1 Å². The van der Waals surface area contributed by atoms with Crippen molar-refractivity contribution in [2.75, 3.05) is 10.5 Å². The zero-order chi connectivity index (χ0) is 16.3. The molecule has 0 aromatic heterocycles. The third kappa shape index (κ3) is 6.30. The summed E-state index contributed by atoms with van der Waals surface area (Å²) in [5, 5.41) is 0. The van der Waals surface area contributed by atoms with Crippen LogP contribution in [0.4, 0.5) is 18.9 Å². The van der Waals surface area contributed by atoms with E-state index >= 15 is 0 Å². The largest absolute Gasteiger partial charge is 0.389 e. The average molecular weight is 340 g/mol. The molecule has 0 saturated carbocycles. The predicted octanol–water partition coefficient (Wildman–Crippen LogP) is 2.71. The fraction of sp³-hybridized carbons (Fsp3) is 0.417. The smallest absolute Gasteiger partial charge is 0.389 e. The maximum atomic E-state index is 12.0. The van der Waals surface area contributed by atoms with E-state index in [-0.39, 0.29) is 10.7 Å². The molecule has 0 fully saturated rings. The van der Waals surface area contributed by atoms with Gasteiger partial charge < -0.3 is 5.73 Å². The highest BCUT2D eigenvalue weighted by Crippen LogP contribution is 2.23. The molecule has 1 aromatic rings. The summed E-state index contributed by atoms with van der Waals surface area (Å²) in [6.45, 7) is 1.66. The first-order valence-electron chi connectivity index (χ1n) is 5.98. The molecule has 0 spiro atoms. The van der Waals surface area contributed by atoms with Crippen molar-refractivity contribution in [3.8, 4) is 0 Å². The SMILES string of the molecule is Cc1ccc(C(N)=S)cc1NS(=O)(=O)CCCC(F)(F)F. The van der Waals surface area contributed by atoms with Crippen LogP contribution >= 0.6 is 12.2 Å². The molecule has 0 radical (unpaired) electrons. The fourth-order valence-corrected chi connectivity index (χ4v) is 2.87. The minimum absolute atomic E-state index is 0.104. The van der Waals surface area contributed by atoms with Gasteiger partial charge in [-0.3, -0.25) is 4.72 Å². The maximum absolute atomic E-state index is 12.0. The van der Waals surface area contributed by atoms with E-state index in [1.165, 1.54) is 6.07 Å². The van der Waals surface area contributed by atoms with Gasteiger partial charge in [0.2, 0.25) is 10.0 Å². The first-order valence-corrected chi connectivity index (χ1v) is 8.04. The summed E-state index contributed by atoms with van der Waals surface area (Å²) in [6, 6.07) is 4.72. The Kier molecular flexibility index (Phi) is 5.57. The number of benzene rings is 1. The first-order chi connectivity index (χ1) is 9.50. The molecule has 21 heavy (non-hydrogen) atoms. The molecule has 0 saturated heterocycles. The molecule has 0 bridgehead atoms. The van der Waals surface area contributed by atoms with Crippen LogP contribution in [0.3, 0.4) is 0 Å². The van der Waals surface area contributed by atoms with E-state index in [9.17, 15) is 21.6 Å². The van der Waals surface area contributed by atoms with E-state index < -0.39 is 34.8 Å². The van der Waals surface area contributed by atoms with Gasteiger partial charge in [-0.15, -0.1) is 0 Å². The Labute approximate surface area is 126 Å². The molecule has 0 unspecified atom stereocenters. The van der Waals surface area contributed by atoms with Gasteiger partial charge in [0.05, 0.1) is 11.4 Å². The van der Waals surface area contributed by atoms with Crippen molar-refractivity contribution in [1.29, 1.82) is 0 Å². The standard InChI is InChI=1S/C12H15F3N2O2S2/c1-8-3-4-9(11(16)20)7-10(8)17-21(18,19)6-2-5-12(13,14)15/h3-4,7,17H,2,5-6H2,1H3,(H2,16,20). The van der Waals surface area contributed by atoms with Gasteiger partial charge in [-0.05, 0) is 25.0 Å². The highest BCUT2D eigenvalue weighted by molar-refractivity contribution is 7.92. The van der Waals surface area contributed by atoms with E-state index in [1.54, 1.807) is 19.1 Å². The Hall–Kier alpha value is -1.35. The van der Waals surface area contributed by atoms with Crippen LogP contribution in [-0.2, 0) is 10.0 Å². The monoisotopic (exact) mass is 340 g/mol. The number of halogens is 3. The molecular formula is C12H15F3N2O2S2. The molecule has 118 valence electrons. The van der Waals surface area contributed by atoms with Crippen LogP contribution in [0.15, 0.2) is 18.2 Å². The Morgan fingerprint density at radius 1 is 1.38 bits per heavy atom. The molecule has 0 aliphatic heterocycles. The number of aryl methyl sites for hydroxylation is 1. The van der Waals surface area contributed by atoms with Crippen LogP contribution in [0, 0.1) is 6.92 Å². The number of nitrogens with two attached hydrogens (primary N) is 1. The highest BCUT2D eigenvalue weighted by Gasteiger charge is 2.27. The molecule has 9 heteroatoms. The third-order valence-corrected chi connectivity index (χ3v) is 4.25. The fourth-order valence-electron chi connectivity index (χ4n) is 1.57. The number of rotatable bonds is 6. The molecule has 0 aliphatic rings. The Bertz CT molecular complexity index is 628. The number of hydrogen-bond acceptors (Lipinski definition) is 3. The predicted molar refractivity (Wildman–Crippen MR) is 79.8 cm³/mol. The summed E-state index contributed by atoms with van der Waals surface area (Å²) in [7, 11) is -3.86. The van der Waals surface area contributed by atoms with Crippen LogP contribution < -0.4 is 10.5 Å². The van der Waals surface area contributed by atoms with Gasteiger partial charge in [-0.25, -0.2) is 8.42 Å². The van der Waals surface area contributed by atoms with E-state index in [4.69, 9.17) is 18.0 Å². The van der Waals surface area contributed by atoms with E-state index in [2.05, 4.69) is 4.72 Å². The van der Waals surface area contributed by atoms with Crippen molar-refractivity contribution >= 4 is 32.9 Å². The van der Waals surface area contributed by atoms with Gasteiger partial charge in [-0.1, -0.05) is 24.4 Å². The Balaban J connectivity index is 2.79. The quantitative estimate of drug-likeness (QED) is 0.781. The molecule has 0 amide bonds. The number of nitrogens with one attached hydrogen (secondary N) is 1. The average Bonchev–Trinajstić information content (AvgIpc) is 2.29. The lowest BCUT2D eigenvalue weighted by Gasteiger charge is -2.12.